The summed E-state index contributed by atoms with van der Waals surface area (Å²) in [6.07, 6.45) is 2.59. The van der Waals surface area contributed by atoms with Crippen LogP contribution >= 0.6 is 15.9 Å². The normalized spacial score (nSPS) is 10.8. The van der Waals surface area contributed by atoms with Crippen molar-refractivity contribution >= 4 is 27.7 Å². The highest BCUT2D eigenvalue weighted by atomic mass is 79.9. The van der Waals surface area contributed by atoms with Crippen LogP contribution in [0.3, 0.4) is 0 Å². The molecule has 4 rings (SSSR count). The fourth-order valence-electron chi connectivity index (χ4n) is 2.91. The molecule has 1 aromatic carbocycles. The van der Waals surface area contributed by atoms with Crippen LogP contribution in [0.1, 0.15) is 12.8 Å². The van der Waals surface area contributed by atoms with Gasteiger partial charge in [-0.05, 0) is 18.6 Å². The number of halogens is 1. The Hall–Kier alpha value is -3.46. The predicted molar refractivity (Wildman–Crippen MR) is 117 cm³/mol. The summed E-state index contributed by atoms with van der Waals surface area (Å²) >= 11 is 3.32. The number of benzene rings is 1. The number of furan rings is 1. The Morgan fingerprint density at radius 1 is 1.13 bits per heavy atom. The molecule has 0 aliphatic heterocycles. The Balaban J connectivity index is 1.78. The van der Waals surface area contributed by atoms with E-state index in [0.717, 1.165) is 10.9 Å². The molecule has 0 saturated carbocycles. The van der Waals surface area contributed by atoms with E-state index in [1.54, 1.807) is 24.5 Å². The molecule has 0 fully saturated rings. The molecule has 0 aliphatic carbocycles. The van der Waals surface area contributed by atoms with Crippen LogP contribution in [0.2, 0.25) is 0 Å². The van der Waals surface area contributed by atoms with Gasteiger partial charge in [-0.15, -0.1) is 0 Å². The summed E-state index contributed by atoms with van der Waals surface area (Å²) in [5.74, 6) is 0.943. The fourth-order valence-corrected chi connectivity index (χ4v) is 3.19. The molecule has 1 amide bonds. The minimum Gasteiger partial charge on any atom is -0.463 e. The van der Waals surface area contributed by atoms with Crippen LogP contribution in [0.5, 0.6) is 0 Å². The largest absolute Gasteiger partial charge is 0.463 e. The summed E-state index contributed by atoms with van der Waals surface area (Å²) in [5.41, 5.74) is 1.47. The molecule has 8 nitrogen and oxygen atoms in total. The molecule has 4 aromatic rings. The molecule has 152 valence electrons. The van der Waals surface area contributed by atoms with Gasteiger partial charge in [0.15, 0.2) is 5.76 Å². The number of H-pyrrole nitrogens is 1. The van der Waals surface area contributed by atoms with E-state index in [2.05, 4.69) is 36.3 Å². The molecule has 30 heavy (non-hydrogen) atoms. The van der Waals surface area contributed by atoms with Gasteiger partial charge >= 0.3 is 0 Å². The van der Waals surface area contributed by atoms with E-state index >= 15 is 0 Å². The maximum Gasteiger partial charge on any atom is 0.252 e. The summed E-state index contributed by atoms with van der Waals surface area (Å²) < 4.78 is 6.82. The molecule has 0 unspecified atom stereocenters. The lowest BCUT2D eigenvalue weighted by molar-refractivity contribution is -0.116. The SMILES string of the molecule is O=C(CCCBr)Nc1cc(-c2ccco2)nn1-c1nc(-c2ccccc2)cc(=O)[nH]1. The monoisotopic (exact) mass is 467 g/mol. The Labute approximate surface area is 180 Å². The van der Waals surface area contributed by atoms with Gasteiger partial charge in [0, 0.05) is 29.4 Å². The highest BCUT2D eigenvalue weighted by molar-refractivity contribution is 9.09. The van der Waals surface area contributed by atoms with Gasteiger partial charge in [-0.25, -0.2) is 4.98 Å². The number of anilines is 1. The highest BCUT2D eigenvalue weighted by Crippen LogP contribution is 2.25. The first-order chi connectivity index (χ1) is 14.6. The van der Waals surface area contributed by atoms with Crippen LogP contribution in [0.15, 0.2) is 70.1 Å². The molecule has 0 atom stereocenters. The lowest BCUT2D eigenvalue weighted by atomic mass is 10.1. The van der Waals surface area contributed by atoms with Crippen molar-refractivity contribution in [2.24, 2.45) is 0 Å². The number of carbonyl (C=O) groups is 1. The van der Waals surface area contributed by atoms with Crippen LogP contribution in [0.4, 0.5) is 5.82 Å². The number of amides is 1. The van der Waals surface area contributed by atoms with E-state index in [-0.39, 0.29) is 17.4 Å². The highest BCUT2D eigenvalue weighted by Gasteiger charge is 2.17. The summed E-state index contributed by atoms with van der Waals surface area (Å²) in [7, 11) is 0. The number of hydrogen-bond acceptors (Lipinski definition) is 5. The molecule has 9 heteroatoms. The van der Waals surface area contributed by atoms with Gasteiger partial charge in [0.1, 0.15) is 11.5 Å². The van der Waals surface area contributed by atoms with E-state index in [9.17, 15) is 9.59 Å². The molecule has 3 heterocycles. The van der Waals surface area contributed by atoms with Crippen LogP contribution in [0.25, 0.3) is 28.7 Å². The van der Waals surface area contributed by atoms with Crippen molar-refractivity contribution in [3.63, 3.8) is 0 Å². The minimum atomic E-state index is -0.328. The molecule has 3 aromatic heterocycles. The van der Waals surface area contributed by atoms with Gasteiger partial charge in [-0.2, -0.15) is 9.78 Å². The molecule has 2 N–H and O–H groups in total. The zero-order valence-electron chi connectivity index (χ0n) is 15.8. The third-order valence-corrected chi connectivity index (χ3v) is 4.85. The number of nitrogens with one attached hydrogen (secondary N) is 2. The van der Waals surface area contributed by atoms with Gasteiger partial charge < -0.3 is 9.73 Å². The standard InChI is InChI=1S/C21H18BrN5O3/c22-10-4-9-19(28)24-18-12-16(17-8-5-11-30-17)26-27(18)21-23-15(13-20(29)25-21)14-6-2-1-3-7-14/h1-3,5-8,11-13H,4,9-10H2,(H,24,28)(H,23,25,29). The lowest BCUT2D eigenvalue weighted by Crippen LogP contribution is -2.18. The Bertz CT molecular complexity index is 1200. The lowest BCUT2D eigenvalue weighted by Gasteiger charge is -2.09. The van der Waals surface area contributed by atoms with E-state index in [0.29, 0.717) is 35.8 Å². The molecule has 0 spiro atoms. The second kappa shape index (κ2) is 8.91. The Morgan fingerprint density at radius 3 is 2.70 bits per heavy atom. The van der Waals surface area contributed by atoms with Crippen molar-refractivity contribution < 1.29 is 9.21 Å². The van der Waals surface area contributed by atoms with Crippen molar-refractivity contribution in [3.05, 3.63) is 71.2 Å². The Kier molecular flexibility index (Phi) is 5.89. The maximum absolute atomic E-state index is 12.3. The summed E-state index contributed by atoms with van der Waals surface area (Å²) in [5, 5.41) is 8.07. The van der Waals surface area contributed by atoms with Gasteiger partial charge in [0.25, 0.3) is 5.56 Å². The first kappa shape index (κ1) is 19.8. The molecule has 0 saturated heterocycles. The first-order valence-electron chi connectivity index (χ1n) is 9.31. The maximum atomic E-state index is 12.3. The second-order valence-electron chi connectivity index (χ2n) is 6.46. The van der Waals surface area contributed by atoms with Gasteiger partial charge in [0.2, 0.25) is 11.9 Å². The van der Waals surface area contributed by atoms with E-state index in [4.69, 9.17) is 4.42 Å². The second-order valence-corrected chi connectivity index (χ2v) is 7.26. The van der Waals surface area contributed by atoms with Crippen LogP contribution < -0.4 is 10.9 Å². The molecule has 0 aliphatic rings. The van der Waals surface area contributed by atoms with E-state index < -0.39 is 0 Å². The summed E-state index contributed by atoms with van der Waals surface area (Å²) in [6, 6.07) is 16.0. The smallest absolute Gasteiger partial charge is 0.252 e. The van der Waals surface area contributed by atoms with Gasteiger partial charge in [-0.3, -0.25) is 14.6 Å². The van der Waals surface area contributed by atoms with Crippen LogP contribution in [0, 0.1) is 0 Å². The fraction of sp³-hybridized carbons (Fsp3) is 0.143. The number of aromatic nitrogens is 4. The third kappa shape index (κ3) is 4.41. The number of rotatable bonds is 7. The van der Waals surface area contributed by atoms with Crippen LogP contribution in [-0.4, -0.2) is 31.0 Å². The number of aromatic amines is 1. The van der Waals surface area contributed by atoms with Crippen molar-refractivity contribution in [2.75, 3.05) is 10.6 Å². The Morgan fingerprint density at radius 2 is 1.97 bits per heavy atom. The number of alkyl halides is 1. The minimum absolute atomic E-state index is 0.164. The third-order valence-electron chi connectivity index (χ3n) is 4.29. The topological polar surface area (TPSA) is 106 Å². The predicted octanol–water partition coefficient (Wildman–Crippen LogP) is 4.00. The zero-order chi connectivity index (χ0) is 20.9. The molecular weight excluding hydrogens is 450 g/mol. The average Bonchev–Trinajstić information content (AvgIpc) is 3.42. The molecule has 0 bridgehead atoms. The summed E-state index contributed by atoms with van der Waals surface area (Å²) in [6.45, 7) is 0. The average molecular weight is 468 g/mol. The van der Waals surface area contributed by atoms with E-state index in [1.807, 2.05) is 30.3 Å². The number of nitrogens with zero attached hydrogens (tertiary/aromatic N) is 3. The molecule has 0 radical (unpaired) electrons. The van der Waals surface area contributed by atoms with Crippen molar-refractivity contribution in [1.29, 1.82) is 0 Å². The quantitative estimate of drug-likeness (QED) is 0.399. The first-order valence-corrected chi connectivity index (χ1v) is 10.4. The van der Waals surface area contributed by atoms with Crippen LogP contribution in [-0.2, 0) is 4.79 Å². The number of hydrogen-bond donors (Lipinski definition) is 2. The molecular formula is C21H18BrN5O3. The van der Waals surface area contributed by atoms with Gasteiger partial charge in [0.05, 0.1) is 12.0 Å². The number of carbonyl (C=O) groups excluding carboxylic acids is 1. The van der Waals surface area contributed by atoms with Crippen molar-refractivity contribution in [2.45, 2.75) is 12.8 Å². The van der Waals surface area contributed by atoms with Crippen molar-refractivity contribution in [3.8, 4) is 28.7 Å². The zero-order valence-corrected chi connectivity index (χ0v) is 17.4. The van der Waals surface area contributed by atoms with Crippen molar-refractivity contribution in [1.82, 2.24) is 19.7 Å². The summed E-state index contributed by atoms with van der Waals surface area (Å²) in [4.78, 5) is 31.9. The van der Waals surface area contributed by atoms with E-state index in [1.165, 1.54) is 10.7 Å². The van der Waals surface area contributed by atoms with Gasteiger partial charge in [-0.1, -0.05) is 46.3 Å².